The molecule has 4 heteroatoms. The Bertz CT molecular complexity index is 445. The lowest BCUT2D eigenvalue weighted by atomic mass is 10.0. The van der Waals surface area contributed by atoms with Crippen molar-refractivity contribution in [3.63, 3.8) is 0 Å². The van der Waals surface area contributed by atoms with E-state index in [-0.39, 0.29) is 11.9 Å². The predicted molar refractivity (Wildman–Crippen MR) is 74.6 cm³/mol. The van der Waals surface area contributed by atoms with E-state index in [1.807, 2.05) is 11.6 Å². The third kappa shape index (κ3) is 2.89. The van der Waals surface area contributed by atoms with Crippen LogP contribution >= 0.6 is 0 Å². The van der Waals surface area contributed by atoms with Crippen LogP contribution in [0.25, 0.3) is 0 Å². The van der Waals surface area contributed by atoms with E-state index in [9.17, 15) is 4.79 Å². The Kier molecular flexibility index (Phi) is 4.75. The first kappa shape index (κ1) is 14.3. The van der Waals surface area contributed by atoms with Crippen LogP contribution in [0.2, 0.25) is 0 Å². The van der Waals surface area contributed by atoms with Crippen molar-refractivity contribution in [1.29, 1.82) is 0 Å². The predicted octanol–water partition coefficient (Wildman–Crippen LogP) is 2.78. The summed E-state index contributed by atoms with van der Waals surface area (Å²) in [7, 11) is 0. The first-order valence-corrected chi connectivity index (χ1v) is 7.44. The number of rotatable bonds is 6. The number of hydrogen-bond donors (Lipinski definition) is 0. The average Bonchev–Trinajstić information content (AvgIpc) is 3.05. The molecule has 1 aliphatic rings. The highest BCUT2D eigenvalue weighted by Gasteiger charge is 2.23. The lowest BCUT2D eigenvalue weighted by Crippen LogP contribution is -2.18. The summed E-state index contributed by atoms with van der Waals surface area (Å²) < 4.78 is 7.69. The molecule has 1 aromatic heterocycles. The summed E-state index contributed by atoms with van der Waals surface area (Å²) in [5, 5.41) is 4.65. The molecule has 0 spiro atoms. The SMILES string of the molecule is CCC(=O)c1c(CC)nn(CC2CCCO2)c1CC. The van der Waals surface area contributed by atoms with Crippen LogP contribution in [-0.2, 0) is 24.1 Å². The van der Waals surface area contributed by atoms with Gasteiger partial charge in [0.1, 0.15) is 0 Å². The standard InChI is InChI=1S/C15H24N2O2/c1-4-12-15(14(18)6-3)13(5-2)17(16-12)10-11-8-7-9-19-11/h11H,4-10H2,1-3H3. The molecule has 0 radical (unpaired) electrons. The zero-order valence-electron chi connectivity index (χ0n) is 12.2. The number of carbonyl (C=O) groups excluding carboxylic acids is 1. The molecular formula is C15H24N2O2. The number of aromatic nitrogens is 2. The topological polar surface area (TPSA) is 44.1 Å². The van der Waals surface area contributed by atoms with Gasteiger partial charge in [0.05, 0.1) is 23.9 Å². The molecule has 0 amide bonds. The summed E-state index contributed by atoms with van der Waals surface area (Å²) in [5.74, 6) is 0.215. The molecule has 1 unspecified atom stereocenters. The Balaban J connectivity index is 2.31. The first-order valence-electron chi connectivity index (χ1n) is 7.44. The van der Waals surface area contributed by atoms with E-state index in [0.29, 0.717) is 6.42 Å². The molecule has 0 aromatic carbocycles. The Morgan fingerprint density at radius 2 is 2.16 bits per heavy atom. The largest absolute Gasteiger partial charge is 0.376 e. The van der Waals surface area contributed by atoms with Crippen LogP contribution in [0, 0.1) is 0 Å². The van der Waals surface area contributed by atoms with Crippen molar-refractivity contribution in [2.45, 2.75) is 65.5 Å². The van der Waals surface area contributed by atoms with E-state index in [0.717, 1.165) is 55.8 Å². The molecule has 0 N–H and O–H groups in total. The molecule has 2 rings (SSSR count). The van der Waals surface area contributed by atoms with Gasteiger partial charge in [0.25, 0.3) is 0 Å². The summed E-state index contributed by atoms with van der Waals surface area (Å²) >= 11 is 0. The first-order chi connectivity index (χ1) is 9.21. The molecule has 1 aliphatic heterocycles. The van der Waals surface area contributed by atoms with Crippen LogP contribution < -0.4 is 0 Å². The van der Waals surface area contributed by atoms with E-state index in [4.69, 9.17) is 4.74 Å². The third-order valence-corrected chi connectivity index (χ3v) is 3.80. The molecule has 2 heterocycles. The lowest BCUT2D eigenvalue weighted by molar-refractivity contribution is 0.0927. The third-order valence-electron chi connectivity index (χ3n) is 3.80. The Morgan fingerprint density at radius 3 is 2.68 bits per heavy atom. The number of aryl methyl sites for hydroxylation is 1. The van der Waals surface area contributed by atoms with E-state index < -0.39 is 0 Å². The second-order valence-corrected chi connectivity index (χ2v) is 5.07. The highest BCUT2D eigenvalue weighted by molar-refractivity contribution is 5.98. The van der Waals surface area contributed by atoms with E-state index in [1.165, 1.54) is 0 Å². The van der Waals surface area contributed by atoms with Crippen molar-refractivity contribution < 1.29 is 9.53 Å². The van der Waals surface area contributed by atoms with Gasteiger partial charge in [-0.05, 0) is 25.7 Å². The van der Waals surface area contributed by atoms with Crippen molar-refractivity contribution >= 4 is 5.78 Å². The monoisotopic (exact) mass is 264 g/mol. The summed E-state index contributed by atoms with van der Waals surface area (Å²) in [4.78, 5) is 12.1. The van der Waals surface area contributed by atoms with E-state index in [2.05, 4.69) is 18.9 Å². The number of nitrogens with zero attached hydrogens (tertiary/aromatic N) is 2. The molecular weight excluding hydrogens is 240 g/mol. The Morgan fingerprint density at radius 1 is 1.37 bits per heavy atom. The van der Waals surface area contributed by atoms with Crippen LogP contribution in [0.5, 0.6) is 0 Å². The van der Waals surface area contributed by atoms with Crippen molar-refractivity contribution in [2.75, 3.05) is 6.61 Å². The van der Waals surface area contributed by atoms with Crippen LogP contribution in [0.15, 0.2) is 0 Å². The highest BCUT2D eigenvalue weighted by Crippen LogP contribution is 2.21. The van der Waals surface area contributed by atoms with Gasteiger partial charge < -0.3 is 4.74 Å². The fourth-order valence-corrected chi connectivity index (χ4v) is 2.79. The Hall–Kier alpha value is -1.16. The van der Waals surface area contributed by atoms with Crippen molar-refractivity contribution in [2.24, 2.45) is 0 Å². The smallest absolute Gasteiger partial charge is 0.166 e. The zero-order chi connectivity index (χ0) is 13.8. The fourth-order valence-electron chi connectivity index (χ4n) is 2.79. The highest BCUT2D eigenvalue weighted by atomic mass is 16.5. The molecule has 1 saturated heterocycles. The number of hydrogen-bond acceptors (Lipinski definition) is 3. The van der Waals surface area contributed by atoms with Crippen molar-refractivity contribution in [1.82, 2.24) is 9.78 Å². The van der Waals surface area contributed by atoms with Gasteiger partial charge >= 0.3 is 0 Å². The second-order valence-electron chi connectivity index (χ2n) is 5.07. The van der Waals surface area contributed by atoms with Gasteiger partial charge in [0, 0.05) is 18.7 Å². The molecule has 1 aromatic rings. The van der Waals surface area contributed by atoms with E-state index in [1.54, 1.807) is 0 Å². The van der Waals surface area contributed by atoms with Crippen LogP contribution in [-0.4, -0.2) is 28.3 Å². The summed E-state index contributed by atoms with van der Waals surface area (Å²) in [6, 6.07) is 0. The summed E-state index contributed by atoms with van der Waals surface area (Å²) in [6.45, 7) is 7.71. The van der Waals surface area contributed by atoms with Gasteiger partial charge in [-0.25, -0.2) is 0 Å². The summed E-state index contributed by atoms with van der Waals surface area (Å²) in [6.07, 6.45) is 4.70. The van der Waals surface area contributed by atoms with Gasteiger partial charge in [0.2, 0.25) is 0 Å². The zero-order valence-corrected chi connectivity index (χ0v) is 12.2. The molecule has 4 nitrogen and oxygen atoms in total. The normalized spacial score (nSPS) is 19.0. The molecule has 0 bridgehead atoms. The van der Waals surface area contributed by atoms with Gasteiger partial charge in [0.15, 0.2) is 5.78 Å². The molecule has 19 heavy (non-hydrogen) atoms. The summed E-state index contributed by atoms with van der Waals surface area (Å²) in [5.41, 5.74) is 2.89. The van der Waals surface area contributed by atoms with Gasteiger partial charge in [-0.3, -0.25) is 9.48 Å². The number of carbonyl (C=O) groups is 1. The minimum atomic E-state index is 0.215. The maximum Gasteiger partial charge on any atom is 0.166 e. The van der Waals surface area contributed by atoms with Gasteiger partial charge in [-0.1, -0.05) is 20.8 Å². The van der Waals surface area contributed by atoms with E-state index >= 15 is 0 Å². The number of ketones is 1. The molecule has 0 saturated carbocycles. The lowest BCUT2D eigenvalue weighted by Gasteiger charge is -2.12. The Labute approximate surface area is 115 Å². The van der Waals surface area contributed by atoms with Crippen LogP contribution in [0.3, 0.4) is 0 Å². The average molecular weight is 264 g/mol. The van der Waals surface area contributed by atoms with Gasteiger partial charge in [-0.2, -0.15) is 5.10 Å². The molecule has 1 fully saturated rings. The maximum absolute atomic E-state index is 12.1. The second kappa shape index (κ2) is 6.33. The molecule has 1 atom stereocenters. The van der Waals surface area contributed by atoms with Gasteiger partial charge in [-0.15, -0.1) is 0 Å². The fraction of sp³-hybridized carbons (Fsp3) is 0.733. The van der Waals surface area contributed by atoms with Crippen molar-refractivity contribution in [3.8, 4) is 0 Å². The minimum absolute atomic E-state index is 0.215. The van der Waals surface area contributed by atoms with Crippen molar-refractivity contribution in [3.05, 3.63) is 17.0 Å². The number of ether oxygens (including phenoxy) is 1. The number of Topliss-reactive ketones (excluding diaryl/α,β-unsaturated/α-hetero) is 1. The molecule has 0 aliphatic carbocycles. The maximum atomic E-state index is 12.1. The van der Waals surface area contributed by atoms with Crippen LogP contribution in [0.4, 0.5) is 0 Å². The molecule has 106 valence electrons. The van der Waals surface area contributed by atoms with Crippen LogP contribution in [0.1, 0.15) is 61.8 Å². The quantitative estimate of drug-likeness (QED) is 0.742. The minimum Gasteiger partial charge on any atom is -0.376 e.